The first kappa shape index (κ1) is 22.1. The lowest BCUT2D eigenvalue weighted by Crippen LogP contribution is -2.42. The first-order chi connectivity index (χ1) is 11.5. The molecule has 0 fully saturated rings. The lowest BCUT2D eigenvalue weighted by Gasteiger charge is -2.14. The number of hydrogen-bond acceptors (Lipinski definition) is 4. The minimum atomic E-state index is -0.543. The molecule has 1 rings (SSSR count). The number of primary amides is 1. The number of nitrogens with two attached hydrogens (primary N) is 2. The third-order valence-electron chi connectivity index (χ3n) is 3.55. The Hall–Kier alpha value is -1.92. The van der Waals surface area contributed by atoms with Crippen molar-refractivity contribution in [3.63, 3.8) is 0 Å². The van der Waals surface area contributed by atoms with Crippen LogP contribution >= 0.6 is 0 Å². The fraction of sp³-hybridized carbons (Fsp3) is 0.556. The van der Waals surface area contributed by atoms with Gasteiger partial charge in [-0.3, -0.25) is 9.59 Å². The van der Waals surface area contributed by atoms with Gasteiger partial charge in [-0.25, -0.2) is 0 Å². The summed E-state index contributed by atoms with van der Waals surface area (Å²) in [7, 11) is 1.71. The summed E-state index contributed by atoms with van der Waals surface area (Å²) in [5, 5.41) is 5.69. The van der Waals surface area contributed by atoms with Crippen molar-refractivity contribution in [2.45, 2.75) is 51.6 Å². The average Bonchev–Trinajstić information content (AvgIpc) is 2.60. The molecule has 0 aromatic heterocycles. The van der Waals surface area contributed by atoms with Gasteiger partial charge in [0.25, 0.3) is 0 Å². The summed E-state index contributed by atoms with van der Waals surface area (Å²) >= 11 is 0. The van der Waals surface area contributed by atoms with Gasteiger partial charge in [0.05, 0.1) is 12.1 Å². The van der Waals surface area contributed by atoms with Crippen LogP contribution in [0.25, 0.3) is 0 Å². The predicted molar refractivity (Wildman–Crippen MR) is 98.4 cm³/mol. The van der Waals surface area contributed by atoms with Crippen molar-refractivity contribution >= 4 is 11.8 Å². The number of amides is 2. The van der Waals surface area contributed by atoms with Gasteiger partial charge in [-0.1, -0.05) is 44.2 Å². The SMILES string of the molecule is CC.CNC(CCCCNC(=O)C(N)Cc1ccccc1)C(N)=O. The summed E-state index contributed by atoms with van der Waals surface area (Å²) in [5.74, 6) is -0.500. The molecule has 136 valence electrons. The quantitative estimate of drug-likeness (QED) is 0.477. The van der Waals surface area contributed by atoms with E-state index in [2.05, 4.69) is 10.6 Å². The molecule has 1 aromatic carbocycles. The second kappa shape index (κ2) is 13.5. The van der Waals surface area contributed by atoms with Crippen LogP contribution in [0.15, 0.2) is 30.3 Å². The number of benzene rings is 1. The van der Waals surface area contributed by atoms with Crippen molar-refractivity contribution in [1.29, 1.82) is 0 Å². The maximum Gasteiger partial charge on any atom is 0.237 e. The van der Waals surface area contributed by atoms with E-state index in [4.69, 9.17) is 11.5 Å². The van der Waals surface area contributed by atoms with Crippen LogP contribution < -0.4 is 22.1 Å². The zero-order valence-electron chi connectivity index (χ0n) is 15.0. The molecule has 2 atom stereocenters. The number of hydrogen-bond donors (Lipinski definition) is 4. The van der Waals surface area contributed by atoms with Crippen molar-refractivity contribution in [2.75, 3.05) is 13.6 Å². The minimum absolute atomic E-state index is 0.149. The molecule has 0 aliphatic carbocycles. The normalized spacial score (nSPS) is 12.5. The molecule has 0 heterocycles. The summed E-state index contributed by atoms with van der Waals surface area (Å²) < 4.78 is 0. The van der Waals surface area contributed by atoms with Crippen LogP contribution in [0.1, 0.15) is 38.7 Å². The number of rotatable bonds is 10. The van der Waals surface area contributed by atoms with Gasteiger partial charge in [-0.2, -0.15) is 0 Å². The molecule has 24 heavy (non-hydrogen) atoms. The second-order valence-corrected chi connectivity index (χ2v) is 5.33. The van der Waals surface area contributed by atoms with E-state index in [1.165, 1.54) is 0 Å². The minimum Gasteiger partial charge on any atom is -0.368 e. The molecule has 0 aliphatic rings. The van der Waals surface area contributed by atoms with Crippen LogP contribution in [0.4, 0.5) is 0 Å². The Morgan fingerprint density at radius 2 is 1.75 bits per heavy atom. The molecule has 0 aliphatic heterocycles. The van der Waals surface area contributed by atoms with Crippen LogP contribution in [0.3, 0.4) is 0 Å². The fourth-order valence-corrected chi connectivity index (χ4v) is 2.21. The zero-order chi connectivity index (χ0) is 18.4. The van der Waals surface area contributed by atoms with Gasteiger partial charge in [0, 0.05) is 6.54 Å². The number of unbranched alkanes of at least 4 members (excludes halogenated alkanes) is 1. The molecular formula is C18H32N4O2. The number of carbonyl (C=O) groups excluding carboxylic acids is 2. The van der Waals surface area contributed by atoms with Crippen molar-refractivity contribution in [3.8, 4) is 0 Å². The van der Waals surface area contributed by atoms with Gasteiger partial charge in [0.15, 0.2) is 0 Å². The summed E-state index contributed by atoms with van der Waals surface area (Å²) in [6, 6.07) is 8.84. The Morgan fingerprint density at radius 3 is 2.29 bits per heavy atom. The molecule has 2 amide bonds. The summed E-state index contributed by atoms with van der Waals surface area (Å²) in [6.45, 7) is 4.55. The number of likely N-dealkylation sites (N-methyl/N-ethyl adjacent to an activating group) is 1. The van der Waals surface area contributed by atoms with Gasteiger partial charge in [0.2, 0.25) is 11.8 Å². The predicted octanol–water partition coefficient (Wildman–Crippen LogP) is 0.942. The molecule has 0 spiro atoms. The number of nitrogens with one attached hydrogen (secondary N) is 2. The highest BCUT2D eigenvalue weighted by atomic mass is 16.2. The van der Waals surface area contributed by atoms with Crippen LogP contribution in [0, 0.1) is 0 Å². The summed E-state index contributed by atoms with van der Waals surface area (Å²) in [4.78, 5) is 22.9. The van der Waals surface area contributed by atoms with Crippen molar-refractivity contribution in [2.24, 2.45) is 11.5 Å². The van der Waals surface area contributed by atoms with Crippen LogP contribution in [0.5, 0.6) is 0 Å². The lowest BCUT2D eigenvalue weighted by molar-refractivity contribution is -0.122. The van der Waals surface area contributed by atoms with Crippen molar-refractivity contribution in [1.82, 2.24) is 10.6 Å². The summed E-state index contributed by atoms with van der Waals surface area (Å²) in [6.07, 6.45) is 2.78. The second-order valence-electron chi connectivity index (χ2n) is 5.33. The molecule has 2 unspecified atom stereocenters. The Balaban J connectivity index is 0.00000254. The maximum absolute atomic E-state index is 11.9. The van der Waals surface area contributed by atoms with Crippen molar-refractivity contribution < 1.29 is 9.59 Å². The van der Waals surface area contributed by atoms with E-state index >= 15 is 0 Å². The largest absolute Gasteiger partial charge is 0.368 e. The van der Waals surface area contributed by atoms with Gasteiger partial charge in [-0.15, -0.1) is 0 Å². The maximum atomic E-state index is 11.9. The van der Waals surface area contributed by atoms with E-state index in [9.17, 15) is 9.59 Å². The van der Waals surface area contributed by atoms with E-state index in [0.717, 1.165) is 18.4 Å². The lowest BCUT2D eigenvalue weighted by atomic mass is 10.1. The van der Waals surface area contributed by atoms with Gasteiger partial charge < -0.3 is 22.1 Å². The van der Waals surface area contributed by atoms with E-state index in [1.807, 2.05) is 44.2 Å². The third kappa shape index (κ3) is 9.27. The smallest absolute Gasteiger partial charge is 0.237 e. The first-order valence-corrected chi connectivity index (χ1v) is 8.58. The van der Waals surface area contributed by atoms with Crippen molar-refractivity contribution in [3.05, 3.63) is 35.9 Å². The topological polar surface area (TPSA) is 110 Å². The molecule has 0 saturated carbocycles. The van der Waals surface area contributed by atoms with Crippen LogP contribution in [0.2, 0.25) is 0 Å². The molecule has 0 saturated heterocycles. The molecule has 0 bridgehead atoms. The van der Waals surface area contributed by atoms with Gasteiger partial charge >= 0.3 is 0 Å². The van der Waals surface area contributed by atoms with E-state index in [1.54, 1.807) is 7.05 Å². The third-order valence-corrected chi connectivity index (χ3v) is 3.55. The monoisotopic (exact) mass is 336 g/mol. The Bertz CT molecular complexity index is 465. The van der Waals surface area contributed by atoms with E-state index in [-0.39, 0.29) is 17.9 Å². The number of carbonyl (C=O) groups is 2. The highest BCUT2D eigenvalue weighted by Crippen LogP contribution is 2.02. The van der Waals surface area contributed by atoms with E-state index in [0.29, 0.717) is 19.4 Å². The van der Waals surface area contributed by atoms with Gasteiger partial charge in [0.1, 0.15) is 0 Å². The molecule has 1 aromatic rings. The van der Waals surface area contributed by atoms with Crippen LogP contribution in [-0.4, -0.2) is 37.5 Å². The standard InChI is InChI=1S/C16H26N4O2.C2H6/c1-19-14(15(18)21)9-5-6-10-20-16(22)13(17)11-12-7-3-2-4-8-12;1-2/h2-4,7-8,13-14,19H,5-6,9-11,17H2,1H3,(H2,18,21)(H,20,22);1-2H3. The van der Waals surface area contributed by atoms with E-state index < -0.39 is 6.04 Å². The molecule has 6 nitrogen and oxygen atoms in total. The highest BCUT2D eigenvalue weighted by molar-refractivity contribution is 5.81. The average molecular weight is 336 g/mol. The first-order valence-electron chi connectivity index (χ1n) is 8.58. The summed E-state index contributed by atoms with van der Waals surface area (Å²) in [5.41, 5.74) is 12.2. The molecule has 6 N–H and O–H groups in total. The molecule has 0 radical (unpaired) electrons. The molecular weight excluding hydrogens is 304 g/mol. The highest BCUT2D eigenvalue weighted by Gasteiger charge is 2.14. The van der Waals surface area contributed by atoms with Crippen LogP contribution in [-0.2, 0) is 16.0 Å². The Labute approximate surface area is 145 Å². The Kier molecular flexibility index (Phi) is 12.4. The van der Waals surface area contributed by atoms with Gasteiger partial charge in [-0.05, 0) is 38.3 Å². The molecule has 6 heteroatoms. The Morgan fingerprint density at radius 1 is 1.12 bits per heavy atom. The zero-order valence-corrected chi connectivity index (χ0v) is 15.0. The fourth-order valence-electron chi connectivity index (χ4n) is 2.21.